The number of hydrogen-bond acceptors (Lipinski definition) is 2. The largest absolute Gasteiger partial charge is 0.349 e. The Morgan fingerprint density at radius 2 is 2.05 bits per heavy atom. The first-order valence-electron chi connectivity index (χ1n) is 6.79. The molecule has 4 nitrogen and oxygen atoms in total. The van der Waals surface area contributed by atoms with Crippen molar-refractivity contribution < 1.29 is 13.6 Å². The van der Waals surface area contributed by atoms with Crippen LogP contribution in [0.1, 0.15) is 42.5 Å². The number of aryl methyl sites for hydroxylation is 1. The molecule has 114 valence electrons. The Morgan fingerprint density at radius 3 is 2.55 bits per heavy atom. The van der Waals surface area contributed by atoms with Gasteiger partial charge in [-0.3, -0.25) is 9.36 Å². The lowest BCUT2D eigenvalue weighted by molar-refractivity contribution is 0.0615. The molecule has 0 aromatic carbocycles. The Kier molecular flexibility index (Phi) is 6.13. The monoisotopic (exact) mass is 287 g/mol. The molecule has 1 aromatic rings. The molecule has 0 bridgehead atoms. The average molecular weight is 287 g/mol. The van der Waals surface area contributed by atoms with Gasteiger partial charge >= 0.3 is 6.55 Å². The number of likely N-dealkylation sites (N-methyl/N-ethyl adjacent to an activating group) is 1. The molecule has 1 heterocycles. The second kappa shape index (κ2) is 7.38. The number of rotatable bonds is 7. The van der Waals surface area contributed by atoms with Crippen LogP contribution < -0.4 is 5.32 Å². The van der Waals surface area contributed by atoms with Gasteiger partial charge in [0.1, 0.15) is 5.69 Å². The van der Waals surface area contributed by atoms with E-state index in [1.807, 2.05) is 19.0 Å². The van der Waals surface area contributed by atoms with Crippen LogP contribution in [0.25, 0.3) is 0 Å². The zero-order valence-electron chi connectivity index (χ0n) is 12.5. The summed E-state index contributed by atoms with van der Waals surface area (Å²) < 4.78 is 26.6. The molecular weight excluding hydrogens is 264 g/mol. The molecular formula is C14H23F2N3O. The summed E-state index contributed by atoms with van der Waals surface area (Å²) in [6.07, 6.45) is 1.95. The van der Waals surface area contributed by atoms with Crippen LogP contribution >= 0.6 is 0 Å². The van der Waals surface area contributed by atoms with E-state index in [0.29, 0.717) is 12.2 Å². The number of carbonyl (C=O) groups excluding carboxylic acids is 1. The lowest BCUT2D eigenvalue weighted by atomic mass is 10.1. The summed E-state index contributed by atoms with van der Waals surface area (Å²) in [5, 5.41) is 2.74. The SMILES string of the molecule is CCCC(CNC(=O)c1ccc(C)n1C(F)F)N(C)C. The van der Waals surface area contributed by atoms with E-state index in [0.717, 1.165) is 17.4 Å². The lowest BCUT2D eigenvalue weighted by Crippen LogP contribution is -2.40. The number of nitrogens with zero attached hydrogens (tertiary/aromatic N) is 2. The van der Waals surface area contributed by atoms with E-state index < -0.39 is 12.5 Å². The van der Waals surface area contributed by atoms with Crippen molar-refractivity contribution in [3.63, 3.8) is 0 Å². The van der Waals surface area contributed by atoms with Gasteiger partial charge in [-0.25, -0.2) is 0 Å². The van der Waals surface area contributed by atoms with Crippen LogP contribution in [-0.4, -0.2) is 42.1 Å². The van der Waals surface area contributed by atoms with Crippen molar-refractivity contribution in [3.05, 3.63) is 23.5 Å². The second-order valence-corrected chi connectivity index (χ2v) is 5.12. The number of halogens is 2. The van der Waals surface area contributed by atoms with Crippen LogP contribution in [0.2, 0.25) is 0 Å². The molecule has 0 spiro atoms. The Hall–Kier alpha value is -1.43. The number of aromatic nitrogens is 1. The molecule has 0 aliphatic heterocycles. The number of amides is 1. The Bertz CT molecular complexity index is 444. The average Bonchev–Trinajstić information content (AvgIpc) is 2.75. The minimum Gasteiger partial charge on any atom is -0.349 e. The van der Waals surface area contributed by atoms with E-state index >= 15 is 0 Å². The summed E-state index contributed by atoms with van der Waals surface area (Å²) in [4.78, 5) is 14.1. The molecule has 1 atom stereocenters. The van der Waals surface area contributed by atoms with Gasteiger partial charge in [-0.05, 0) is 39.6 Å². The first kappa shape index (κ1) is 16.6. The minimum absolute atomic E-state index is 0.00602. The molecule has 0 aliphatic rings. The van der Waals surface area contributed by atoms with Crippen LogP contribution in [0.5, 0.6) is 0 Å². The Balaban J connectivity index is 2.72. The van der Waals surface area contributed by atoms with E-state index in [1.54, 1.807) is 6.92 Å². The van der Waals surface area contributed by atoms with Crippen LogP contribution in [0, 0.1) is 6.92 Å². The van der Waals surface area contributed by atoms with E-state index in [-0.39, 0.29) is 11.7 Å². The number of carbonyl (C=O) groups is 1. The van der Waals surface area contributed by atoms with Gasteiger partial charge in [-0.1, -0.05) is 13.3 Å². The highest BCUT2D eigenvalue weighted by atomic mass is 19.3. The zero-order valence-corrected chi connectivity index (χ0v) is 12.5. The van der Waals surface area contributed by atoms with Crippen molar-refractivity contribution in [1.29, 1.82) is 0 Å². The Morgan fingerprint density at radius 1 is 1.40 bits per heavy atom. The topological polar surface area (TPSA) is 37.3 Å². The lowest BCUT2D eigenvalue weighted by Gasteiger charge is -2.24. The van der Waals surface area contributed by atoms with Gasteiger partial charge in [0, 0.05) is 18.3 Å². The molecule has 0 saturated carbocycles. The van der Waals surface area contributed by atoms with Gasteiger partial charge in [0.15, 0.2) is 0 Å². The van der Waals surface area contributed by atoms with Gasteiger partial charge in [0.05, 0.1) is 0 Å². The van der Waals surface area contributed by atoms with E-state index in [4.69, 9.17) is 0 Å². The van der Waals surface area contributed by atoms with Crippen LogP contribution in [0.3, 0.4) is 0 Å². The molecule has 0 aliphatic carbocycles. The highest BCUT2D eigenvalue weighted by molar-refractivity contribution is 5.93. The summed E-state index contributed by atoms with van der Waals surface area (Å²) in [7, 11) is 3.89. The van der Waals surface area contributed by atoms with Gasteiger partial charge in [0.25, 0.3) is 5.91 Å². The predicted octanol–water partition coefficient (Wildman–Crippen LogP) is 2.65. The fraction of sp³-hybridized carbons (Fsp3) is 0.643. The van der Waals surface area contributed by atoms with Crippen molar-refractivity contribution in [3.8, 4) is 0 Å². The summed E-state index contributed by atoms with van der Waals surface area (Å²) in [6, 6.07) is 3.16. The van der Waals surface area contributed by atoms with Crippen LogP contribution in [0.15, 0.2) is 12.1 Å². The quantitative estimate of drug-likeness (QED) is 0.837. The van der Waals surface area contributed by atoms with Gasteiger partial charge in [-0.2, -0.15) is 8.78 Å². The van der Waals surface area contributed by atoms with E-state index in [1.165, 1.54) is 12.1 Å². The number of alkyl halides is 2. The van der Waals surface area contributed by atoms with Crippen molar-refractivity contribution in [1.82, 2.24) is 14.8 Å². The third-order valence-corrected chi connectivity index (χ3v) is 3.40. The summed E-state index contributed by atoms with van der Waals surface area (Å²) in [5.41, 5.74) is 0.384. The fourth-order valence-corrected chi connectivity index (χ4v) is 2.17. The zero-order chi connectivity index (χ0) is 15.3. The summed E-state index contributed by atoms with van der Waals surface area (Å²) in [6.45, 7) is 1.38. The normalized spacial score (nSPS) is 13.0. The summed E-state index contributed by atoms with van der Waals surface area (Å²) >= 11 is 0. The third-order valence-electron chi connectivity index (χ3n) is 3.40. The molecule has 6 heteroatoms. The highest BCUT2D eigenvalue weighted by Crippen LogP contribution is 2.18. The molecule has 1 unspecified atom stereocenters. The van der Waals surface area contributed by atoms with Gasteiger partial charge < -0.3 is 10.2 Å². The van der Waals surface area contributed by atoms with Gasteiger partial charge in [-0.15, -0.1) is 0 Å². The number of hydrogen-bond donors (Lipinski definition) is 1. The molecule has 1 N–H and O–H groups in total. The molecule has 0 fully saturated rings. The fourth-order valence-electron chi connectivity index (χ4n) is 2.17. The van der Waals surface area contributed by atoms with Crippen molar-refractivity contribution in [2.75, 3.05) is 20.6 Å². The Labute approximate surface area is 118 Å². The van der Waals surface area contributed by atoms with Crippen molar-refractivity contribution in [2.45, 2.75) is 39.3 Å². The molecule has 0 radical (unpaired) electrons. The second-order valence-electron chi connectivity index (χ2n) is 5.12. The maximum atomic E-state index is 12.9. The first-order chi connectivity index (χ1) is 9.38. The standard InChI is InChI=1S/C14H23F2N3O/c1-5-6-11(18(3)4)9-17-13(20)12-8-7-10(2)19(12)14(15)16/h7-8,11,14H,5-6,9H2,1-4H3,(H,17,20). The molecule has 20 heavy (non-hydrogen) atoms. The predicted molar refractivity (Wildman–Crippen MR) is 75.1 cm³/mol. The van der Waals surface area contributed by atoms with E-state index in [2.05, 4.69) is 12.2 Å². The first-order valence-corrected chi connectivity index (χ1v) is 6.79. The smallest absolute Gasteiger partial charge is 0.319 e. The van der Waals surface area contributed by atoms with Gasteiger partial charge in [0.2, 0.25) is 0 Å². The molecule has 0 saturated heterocycles. The summed E-state index contributed by atoms with van der Waals surface area (Å²) in [5.74, 6) is -0.457. The maximum absolute atomic E-state index is 12.9. The number of nitrogens with one attached hydrogen (secondary N) is 1. The van der Waals surface area contributed by atoms with Crippen LogP contribution in [0.4, 0.5) is 8.78 Å². The molecule has 1 amide bonds. The minimum atomic E-state index is -2.70. The highest BCUT2D eigenvalue weighted by Gasteiger charge is 2.20. The maximum Gasteiger partial charge on any atom is 0.319 e. The van der Waals surface area contributed by atoms with E-state index in [9.17, 15) is 13.6 Å². The molecule has 1 rings (SSSR count). The third kappa shape index (κ3) is 4.03. The molecule has 1 aromatic heterocycles. The van der Waals surface area contributed by atoms with Crippen LogP contribution in [-0.2, 0) is 0 Å². The van der Waals surface area contributed by atoms with Crippen molar-refractivity contribution in [2.24, 2.45) is 0 Å². The van der Waals surface area contributed by atoms with Crippen molar-refractivity contribution >= 4 is 5.91 Å².